The maximum atomic E-state index is 13.1. The number of aromatic nitrogens is 6. The first-order chi connectivity index (χ1) is 12.7. The highest BCUT2D eigenvalue weighted by molar-refractivity contribution is 7.91. The normalized spacial score (nSPS) is 11.9. The largest absolute Gasteiger partial charge is 0.346 e. The Labute approximate surface area is 156 Å². The van der Waals surface area contributed by atoms with Gasteiger partial charge in [-0.2, -0.15) is 9.78 Å². The predicted molar refractivity (Wildman–Crippen MR) is 96.4 cm³/mol. The summed E-state index contributed by atoms with van der Waals surface area (Å²) in [6.45, 7) is 9.80. The van der Waals surface area contributed by atoms with Crippen LogP contribution in [0.4, 0.5) is 4.79 Å². The molecule has 3 aromatic rings. The summed E-state index contributed by atoms with van der Waals surface area (Å²) in [5, 5.41) is 7.73. The van der Waals surface area contributed by atoms with Gasteiger partial charge in [0.25, 0.3) is 5.16 Å². The van der Waals surface area contributed by atoms with Crippen LogP contribution in [0.25, 0.3) is 5.65 Å². The Morgan fingerprint density at radius 2 is 1.81 bits per heavy atom. The topological polar surface area (TPSA) is 115 Å². The Morgan fingerprint density at radius 1 is 1.15 bits per heavy atom. The predicted octanol–water partition coefficient (Wildman–Crippen LogP) is 1.39. The second-order valence-corrected chi connectivity index (χ2v) is 7.90. The molecular formula is C16H21N7O3S. The lowest BCUT2D eigenvalue weighted by Gasteiger charge is -2.17. The number of rotatable bonds is 4. The molecule has 11 heteroatoms. The van der Waals surface area contributed by atoms with Crippen LogP contribution in [0, 0.1) is 20.8 Å². The molecule has 0 saturated heterocycles. The van der Waals surface area contributed by atoms with Gasteiger partial charge < -0.3 is 4.90 Å². The van der Waals surface area contributed by atoms with Gasteiger partial charge in [-0.3, -0.25) is 0 Å². The van der Waals surface area contributed by atoms with Gasteiger partial charge in [0.15, 0.2) is 5.65 Å². The molecule has 3 rings (SSSR count). The van der Waals surface area contributed by atoms with Crippen LogP contribution in [-0.2, 0) is 9.84 Å². The van der Waals surface area contributed by atoms with E-state index in [4.69, 9.17) is 0 Å². The molecular weight excluding hydrogens is 370 g/mol. The van der Waals surface area contributed by atoms with Crippen LogP contribution < -0.4 is 0 Å². The van der Waals surface area contributed by atoms with Gasteiger partial charge >= 0.3 is 6.03 Å². The Morgan fingerprint density at radius 3 is 2.44 bits per heavy atom. The van der Waals surface area contributed by atoms with E-state index in [-0.39, 0.29) is 10.5 Å². The summed E-state index contributed by atoms with van der Waals surface area (Å²) in [6, 6.07) is 1.38. The fraction of sp³-hybridized carbons (Fsp3) is 0.438. The third-order valence-electron chi connectivity index (χ3n) is 4.23. The molecule has 0 unspecified atom stereocenters. The van der Waals surface area contributed by atoms with Crippen LogP contribution >= 0.6 is 0 Å². The Kier molecular flexibility index (Phi) is 4.72. The van der Waals surface area contributed by atoms with Crippen molar-refractivity contribution < 1.29 is 13.2 Å². The van der Waals surface area contributed by atoms with Crippen molar-refractivity contribution in [3.8, 4) is 0 Å². The van der Waals surface area contributed by atoms with Crippen LogP contribution in [-0.4, -0.2) is 61.8 Å². The number of hydrogen-bond donors (Lipinski definition) is 0. The fourth-order valence-corrected chi connectivity index (χ4v) is 4.28. The molecule has 0 radical (unpaired) electrons. The number of amides is 1. The van der Waals surface area contributed by atoms with E-state index in [1.807, 2.05) is 26.8 Å². The van der Waals surface area contributed by atoms with Gasteiger partial charge in [0.1, 0.15) is 11.2 Å². The molecule has 144 valence electrons. The SMILES string of the molecule is CCN(CC)C(=O)n1cnc(S(=O)(=O)c2c(C)nn3c(C)cc(C)nc23)n1. The first kappa shape index (κ1) is 19.0. The summed E-state index contributed by atoms with van der Waals surface area (Å²) in [7, 11) is -4.10. The first-order valence-corrected chi connectivity index (χ1v) is 9.98. The van der Waals surface area contributed by atoms with Gasteiger partial charge in [-0.25, -0.2) is 27.7 Å². The lowest BCUT2D eigenvalue weighted by Crippen LogP contribution is -2.34. The molecule has 0 fully saturated rings. The lowest BCUT2D eigenvalue weighted by molar-refractivity contribution is 0.201. The van der Waals surface area contributed by atoms with E-state index in [2.05, 4.69) is 20.2 Å². The molecule has 0 bridgehead atoms. The quantitative estimate of drug-likeness (QED) is 0.660. The summed E-state index contributed by atoms with van der Waals surface area (Å²) < 4.78 is 28.7. The van der Waals surface area contributed by atoms with Crippen molar-refractivity contribution in [2.75, 3.05) is 13.1 Å². The molecule has 1 amide bonds. The smallest absolute Gasteiger partial charge is 0.323 e. The van der Waals surface area contributed by atoms with Crippen LogP contribution in [0.5, 0.6) is 0 Å². The van der Waals surface area contributed by atoms with Crippen molar-refractivity contribution >= 4 is 21.5 Å². The van der Waals surface area contributed by atoms with Crippen LogP contribution in [0.2, 0.25) is 0 Å². The molecule has 0 saturated carbocycles. The van der Waals surface area contributed by atoms with Crippen LogP contribution in [0.1, 0.15) is 30.9 Å². The van der Waals surface area contributed by atoms with Gasteiger partial charge in [-0.05, 0) is 40.7 Å². The van der Waals surface area contributed by atoms with Crippen molar-refractivity contribution in [3.63, 3.8) is 0 Å². The van der Waals surface area contributed by atoms with Gasteiger partial charge in [0.05, 0.1) is 5.69 Å². The van der Waals surface area contributed by atoms with Gasteiger partial charge in [0, 0.05) is 24.5 Å². The number of carbonyl (C=O) groups excluding carboxylic acids is 1. The molecule has 3 aromatic heterocycles. The number of hydrogen-bond acceptors (Lipinski definition) is 7. The molecule has 27 heavy (non-hydrogen) atoms. The van der Waals surface area contributed by atoms with E-state index in [0.717, 1.165) is 16.7 Å². The van der Waals surface area contributed by atoms with E-state index in [1.165, 1.54) is 9.42 Å². The molecule has 10 nitrogen and oxygen atoms in total. The molecule has 3 heterocycles. The Balaban J connectivity index is 2.13. The maximum Gasteiger partial charge on any atom is 0.346 e. The molecule has 0 aliphatic rings. The summed E-state index contributed by atoms with van der Waals surface area (Å²) >= 11 is 0. The number of fused-ring (bicyclic) bond motifs is 1. The van der Waals surface area contributed by atoms with Crippen molar-refractivity contribution in [2.24, 2.45) is 0 Å². The van der Waals surface area contributed by atoms with E-state index in [1.54, 1.807) is 13.8 Å². The second kappa shape index (κ2) is 6.72. The second-order valence-electron chi connectivity index (χ2n) is 6.12. The third kappa shape index (κ3) is 3.07. The van der Waals surface area contributed by atoms with Gasteiger partial charge in [-0.1, -0.05) is 0 Å². The molecule has 0 N–H and O–H groups in total. The molecule has 0 aliphatic heterocycles. The van der Waals surface area contributed by atoms with E-state index in [9.17, 15) is 13.2 Å². The lowest BCUT2D eigenvalue weighted by atomic mass is 10.3. The van der Waals surface area contributed by atoms with E-state index >= 15 is 0 Å². The van der Waals surface area contributed by atoms with Crippen molar-refractivity contribution in [1.82, 2.24) is 34.3 Å². The molecule has 0 atom stereocenters. The summed E-state index contributed by atoms with van der Waals surface area (Å²) in [4.78, 5) is 22.0. The van der Waals surface area contributed by atoms with Crippen molar-refractivity contribution in [1.29, 1.82) is 0 Å². The minimum atomic E-state index is -4.10. The average Bonchev–Trinajstić information content (AvgIpc) is 3.21. The van der Waals surface area contributed by atoms with E-state index < -0.39 is 21.0 Å². The highest BCUT2D eigenvalue weighted by atomic mass is 32.2. The highest BCUT2D eigenvalue weighted by Crippen LogP contribution is 2.26. The average molecular weight is 391 g/mol. The van der Waals surface area contributed by atoms with Crippen LogP contribution in [0.15, 0.2) is 22.4 Å². The minimum absolute atomic E-state index is 0.0534. The van der Waals surface area contributed by atoms with Crippen LogP contribution in [0.3, 0.4) is 0 Å². The first-order valence-electron chi connectivity index (χ1n) is 8.50. The van der Waals surface area contributed by atoms with Gasteiger partial charge in [0.2, 0.25) is 9.84 Å². The number of carbonyl (C=O) groups is 1. The summed E-state index contributed by atoms with van der Waals surface area (Å²) in [5.41, 5.74) is 1.95. The minimum Gasteiger partial charge on any atom is -0.323 e. The van der Waals surface area contributed by atoms with Gasteiger partial charge in [-0.15, -0.1) is 5.10 Å². The molecule has 0 spiro atoms. The van der Waals surface area contributed by atoms with Crippen molar-refractivity contribution in [3.05, 3.63) is 29.5 Å². The molecule has 0 aliphatic carbocycles. The summed E-state index contributed by atoms with van der Waals surface area (Å²) in [6.07, 6.45) is 1.11. The fourth-order valence-electron chi connectivity index (χ4n) is 2.92. The highest BCUT2D eigenvalue weighted by Gasteiger charge is 2.31. The standard InChI is InChI=1S/C16H21N7O3S/c1-6-21(7-2)16(24)22-9-17-15(20-22)27(25,26)13-12(5)19-23-11(4)8-10(3)18-14(13)23/h8-9H,6-7H2,1-5H3. The zero-order valence-electron chi connectivity index (χ0n) is 15.8. The summed E-state index contributed by atoms with van der Waals surface area (Å²) in [5.74, 6) is 0. The number of sulfone groups is 1. The zero-order chi connectivity index (χ0) is 19.9. The Hall–Kier alpha value is -2.82. The van der Waals surface area contributed by atoms with E-state index in [0.29, 0.717) is 24.5 Å². The molecule has 0 aromatic carbocycles. The Bertz CT molecular complexity index is 1130. The zero-order valence-corrected chi connectivity index (χ0v) is 16.6. The number of nitrogens with zero attached hydrogens (tertiary/aromatic N) is 7. The number of aryl methyl sites for hydroxylation is 3. The monoisotopic (exact) mass is 391 g/mol. The third-order valence-corrected chi connectivity index (χ3v) is 5.91. The van der Waals surface area contributed by atoms with Crippen molar-refractivity contribution in [2.45, 2.75) is 44.7 Å². The maximum absolute atomic E-state index is 13.1.